The molecule has 144 valence electrons. The van der Waals surface area contributed by atoms with Crippen molar-refractivity contribution in [1.29, 1.82) is 0 Å². The molecule has 1 atom stereocenters. The fourth-order valence-electron chi connectivity index (χ4n) is 4.43. The highest BCUT2D eigenvalue weighted by molar-refractivity contribution is 5.86. The van der Waals surface area contributed by atoms with Gasteiger partial charge in [-0.3, -0.25) is 4.99 Å². The minimum atomic E-state index is 0.211. The molecule has 2 aromatic rings. The lowest BCUT2D eigenvalue weighted by Crippen LogP contribution is -2.48. The molecule has 0 saturated heterocycles. The average molecular weight is 363 g/mol. The number of fused-ring (bicyclic) bond motifs is 1. The van der Waals surface area contributed by atoms with Gasteiger partial charge in [0.1, 0.15) is 0 Å². The molecule has 0 aliphatic carbocycles. The van der Waals surface area contributed by atoms with Crippen molar-refractivity contribution >= 4 is 17.6 Å². The van der Waals surface area contributed by atoms with Crippen LogP contribution in [0.4, 0.5) is 11.4 Å². The molecule has 2 heteroatoms. The zero-order valence-corrected chi connectivity index (χ0v) is 18.1. The number of anilines is 1. The van der Waals surface area contributed by atoms with Gasteiger partial charge in [-0.2, -0.15) is 0 Å². The number of hydrogen-bond donors (Lipinski definition) is 0. The fraction of sp³-hybridized carbons (Fsp3) is 0.480. The molecule has 3 rings (SSSR count). The Morgan fingerprint density at radius 3 is 2.56 bits per heavy atom. The third kappa shape index (κ3) is 3.95. The van der Waals surface area contributed by atoms with Crippen LogP contribution in [0.25, 0.3) is 0 Å². The van der Waals surface area contributed by atoms with E-state index < -0.39 is 0 Å². The van der Waals surface area contributed by atoms with Crippen LogP contribution in [-0.4, -0.2) is 18.3 Å². The molecule has 0 spiro atoms. The van der Waals surface area contributed by atoms with E-state index in [1.165, 1.54) is 46.3 Å². The van der Waals surface area contributed by atoms with Crippen molar-refractivity contribution in [3.63, 3.8) is 0 Å². The van der Waals surface area contributed by atoms with Crippen LogP contribution in [0.3, 0.4) is 0 Å². The van der Waals surface area contributed by atoms with Crippen molar-refractivity contribution in [3.8, 4) is 0 Å². The highest BCUT2D eigenvalue weighted by Gasteiger charge is 2.36. The summed E-state index contributed by atoms with van der Waals surface area (Å²) in [6.07, 6.45) is 4.41. The van der Waals surface area contributed by atoms with Crippen LogP contribution < -0.4 is 4.90 Å². The quantitative estimate of drug-likeness (QED) is 0.542. The van der Waals surface area contributed by atoms with E-state index in [4.69, 9.17) is 4.99 Å². The summed E-state index contributed by atoms with van der Waals surface area (Å²) < 4.78 is 0. The van der Waals surface area contributed by atoms with Crippen LogP contribution in [0.15, 0.2) is 35.3 Å². The second-order valence-corrected chi connectivity index (χ2v) is 8.88. The Hall–Kier alpha value is -2.09. The zero-order chi connectivity index (χ0) is 19.8. The van der Waals surface area contributed by atoms with E-state index >= 15 is 0 Å². The minimum Gasteiger partial charge on any atom is -0.366 e. The first-order valence-electron chi connectivity index (χ1n) is 10.3. The lowest BCUT2D eigenvalue weighted by atomic mass is 9.79. The van der Waals surface area contributed by atoms with Crippen molar-refractivity contribution in [2.45, 2.75) is 72.8 Å². The van der Waals surface area contributed by atoms with E-state index in [1.807, 2.05) is 6.21 Å². The van der Waals surface area contributed by atoms with Gasteiger partial charge in [-0.05, 0) is 99.4 Å². The Bertz CT molecular complexity index is 861. The molecule has 1 heterocycles. The molecular weight excluding hydrogens is 328 g/mol. The van der Waals surface area contributed by atoms with Gasteiger partial charge in [-0.1, -0.05) is 26.0 Å². The molecule has 0 aromatic heterocycles. The lowest BCUT2D eigenvalue weighted by Gasteiger charge is -2.48. The van der Waals surface area contributed by atoms with Crippen LogP contribution in [0.2, 0.25) is 0 Å². The number of benzene rings is 2. The van der Waals surface area contributed by atoms with Crippen LogP contribution in [0.5, 0.6) is 0 Å². The van der Waals surface area contributed by atoms with Gasteiger partial charge in [-0.15, -0.1) is 0 Å². The molecule has 0 amide bonds. The van der Waals surface area contributed by atoms with Crippen LogP contribution in [0, 0.1) is 20.8 Å². The number of rotatable bonds is 4. The topological polar surface area (TPSA) is 15.6 Å². The fourth-order valence-corrected chi connectivity index (χ4v) is 4.43. The molecule has 0 saturated carbocycles. The maximum atomic E-state index is 4.82. The second kappa shape index (κ2) is 7.50. The summed E-state index contributed by atoms with van der Waals surface area (Å²) in [6, 6.07) is 11.2. The van der Waals surface area contributed by atoms with Crippen molar-refractivity contribution in [2.75, 3.05) is 11.4 Å². The van der Waals surface area contributed by atoms with E-state index in [0.29, 0.717) is 5.92 Å². The van der Waals surface area contributed by atoms with Crippen molar-refractivity contribution < 1.29 is 0 Å². The smallest absolute Gasteiger partial charge is 0.0661 e. The maximum Gasteiger partial charge on any atom is 0.0661 e. The Morgan fingerprint density at radius 1 is 1.11 bits per heavy atom. The number of aryl methyl sites for hydroxylation is 3. The molecule has 0 fully saturated rings. The highest BCUT2D eigenvalue weighted by atomic mass is 15.2. The number of nitrogens with zero attached hydrogens (tertiary/aromatic N) is 2. The summed E-state index contributed by atoms with van der Waals surface area (Å²) >= 11 is 0. The lowest BCUT2D eigenvalue weighted by molar-refractivity contribution is 0.376. The summed E-state index contributed by atoms with van der Waals surface area (Å²) in [5, 5.41) is 0. The Balaban J connectivity index is 2.02. The third-order valence-electron chi connectivity index (χ3n) is 5.93. The van der Waals surface area contributed by atoms with Gasteiger partial charge in [0.05, 0.1) is 5.69 Å². The average Bonchev–Trinajstić information content (AvgIpc) is 2.59. The molecule has 0 N–H and O–H groups in total. The van der Waals surface area contributed by atoms with E-state index in [-0.39, 0.29) is 5.54 Å². The normalized spacial score (nSPS) is 18.8. The van der Waals surface area contributed by atoms with Gasteiger partial charge in [0.2, 0.25) is 0 Å². The van der Waals surface area contributed by atoms with Gasteiger partial charge >= 0.3 is 0 Å². The van der Waals surface area contributed by atoms with Crippen LogP contribution in [0.1, 0.15) is 74.3 Å². The summed E-state index contributed by atoms with van der Waals surface area (Å²) in [5.74, 6) is 0.566. The van der Waals surface area contributed by atoms with Crippen molar-refractivity contribution in [3.05, 3.63) is 58.1 Å². The molecule has 1 aliphatic heterocycles. The zero-order valence-electron chi connectivity index (χ0n) is 18.1. The van der Waals surface area contributed by atoms with Crippen LogP contribution in [-0.2, 0) is 0 Å². The molecule has 1 aliphatic rings. The monoisotopic (exact) mass is 362 g/mol. The molecule has 27 heavy (non-hydrogen) atoms. The second-order valence-electron chi connectivity index (χ2n) is 8.88. The molecule has 0 bridgehead atoms. The van der Waals surface area contributed by atoms with E-state index in [9.17, 15) is 0 Å². The van der Waals surface area contributed by atoms with Crippen molar-refractivity contribution in [2.24, 2.45) is 4.99 Å². The Morgan fingerprint density at radius 2 is 1.85 bits per heavy atom. The first kappa shape index (κ1) is 19.7. The maximum absolute atomic E-state index is 4.82. The number of hydrogen-bond acceptors (Lipinski definition) is 2. The molecule has 0 radical (unpaired) electrons. The van der Waals surface area contributed by atoms with Gasteiger partial charge in [-0.25, -0.2) is 0 Å². The minimum absolute atomic E-state index is 0.211. The van der Waals surface area contributed by atoms with Gasteiger partial charge in [0.15, 0.2) is 0 Å². The highest BCUT2D eigenvalue weighted by Crippen LogP contribution is 2.44. The Labute approximate surface area is 165 Å². The summed E-state index contributed by atoms with van der Waals surface area (Å²) in [6.45, 7) is 17.0. The summed E-state index contributed by atoms with van der Waals surface area (Å²) in [4.78, 5) is 7.43. The molecule has 1 unspecified atom stereocenters. The molecular formula is C25H34N2. The third-order valence-corrected chi connectivity index (χ3v) is 5.93. The standard InChI is InChI=1S/C25H34N2/c1-8-11-27-24-13-19(4)21(14-22(24)20(5)15-25(27,6)7)16-26-23-12-17(2)9-10-18(23)3/h9-10,12-14,16,20H,8,11,15H2,1-7H3. The predicted molar refractivity (Wildman–Crippen MR) is 119 cm³/mol. The predicted octanol–water partition coefficient (Wildman–Crippen LogP) is 6.86. The largest absolute Gasteiger partial charge is 0.366 e. The SMILES string of the molecule is CCCN1c2cc(C)c(C=Nc3cc(C)ccc3C)cc2C(C)CC1(C)C. The van der Waals surface area contributed by atoms with Gasteiger partial charge < -0.3 is 4.90 Å². The molecule has 2 aromatic carbocycles. The first-order valence-corrected chi connectivity index (χ1v) is 10.3. The van der Waals surface area contributed by atoms with Gasteiger partial charge in [0, 0.05) is 24.0 Å². The molecule has 2 nitrogen and oxygen atoms in total. The van der Waals surface area contributed by atoms with Crippen LogP contribution >= 0.6 is 0 Å². The van der Waals surface area contributed by atoms with Gasteiger partial charge in [0.25, 0.3) is 0 Å². The van der Waals surface area contributed by atoms with E-state index in [1.54, 1.807) is 0 Å². The summed E-state index contributed by atoms with van der Waals surface area (Å²) in [5.41, 5.74) is 9.17. The van der Waals surface area contributed by atoms with Crippen molar-refractivity contribution in [1.82, 2.24) is 0 Å². The van der Waals surface area contributed by atoms with E-state index in [0.717, 1.165) is 12.2 Å². The summed E-state index contributed by atoms with van der Waals surface area (Å²) in [7, 11) is 0. The first-order chi connectivity index (χ1) is 12.7. The number of aliphatic imine (C=N–C) groups is 1. The van der Waals surface area contributed by atoms with E-state index in [2.05, 4.69) is 83.7 Å². The Kier molecular flexibility index (Phi) is 5.46.